The highest BCUT2D eigenvalue weighted by atomic mass is 19.1. The summed E-state index contributed by atoms with van der Waals surface area (Å²) in [7, 11) is 1.51. The van der Waals surface area contributed by atoms with Gasteiger partial charge in [-0.3, -0.25) is 0 Å². The molecule has 0 saturated carbocycles. The van der Waals surface area contributed by atoms with Crippen LogP contribution in [0.15, 0.2) is 36.4 Å². The minimum absolute atomic E-state index is 0.0759. The number of ether oxygens (including phenoxy) is 2. The smallest absolute Gasteiger partial charge is 0.161 e. The van der Waals surface area contributed by atoms with Crippen LogP contribution in [0.4, 0.5) is 10.1 Å². The number of benzene rings is 2. The third-order valence-electron chi connectivity index (χ3n) is 2.90. The number of aliphatic hydroxyl groups excluding tert-OH is 1. The van der Waals surface area contributed by atoms with E-state index in [1.807, 2.05) is 0 Å². The topological polar surface area (TPSA) is 64.7 Å². The number of rotatable bonds is 5. The summed E-state index contributed by atoms with van der Waals surface area (Å²) in [5.41, 5.74) is 7.52. The lowest BCUT2D eigenvalue weighted by molar-refractivity contribution is 0.274. The van der Waals surface area contributed by atoms with E-state index in [1.165, 1.54) is 25.3 Å². The standard InChI is InChI=1S/C15H16FNO3/c1-19-15-6-10(8-18)2-5-14(15)20-9-11-7-12(16)3-4-13(11)17/h2-7,18H,8-9,17H2,1H3. The largest absolute Gasteiger partial charge is 0.493 e. The van der Waals surface area contributed by atoms with Crippen LogP contribution in [0.1, 0.15) is 11.1 Å². The summed E-state index contributed by atoms with van der Waals surface area (Å²) in [4.78, 5) is 0. The van der Waals surface area contributed by atoms with E-state index in [0.29, 0.717) is 22.7 Å². The van der Waals surface area contributed by atoms with Crippen LogP contribution in [0.3, 0.4) is 0 Å². The first-order valence-corrected chi connectivity index (χ1v) is 6.08. The van der Waals surface area contributed by atoms with Gasteiger partial charge in [0.25, 0.3) is 0 Å². The summed E-state index contributed by atoms with van der Waals surface area (Å²) in [5, 5.41) is 9.07. The molecule has 4 nitrogen and oxygen atoms in total. The Morgan fingerprint density at radius 1 is 1.15 bits per heavy atom. The molecule has 0 saturated heterocycles. The van der Waals surface area contributed by atoms with Gasteiger partial charge in [-0.05, 0) is 35.9 Å². The van der Waals surface area contributed by atoms with Gasteiger partial charge < -0.3 is 20.3 Å². The van der Waals surface area contributed by atoms with E-state index in [-0.39, 0.29) is 19.0 Å². The first-order chi connectivity index (χ1) is 9.63. The number of hydrogen-bond donors (Lipinski definition) is 2. The van der Waals surface area contributed by atoms with Gasteiger partial charge in [-0.25, -0.2) is 4.39 Å². The number of methoxy groups -OCH3 is 1. The van der Waals surface area contributed by atoms with E-state index in [0.717, 1.165) is 5.56 Å². The predicted molar refractivity (Wildman–Crippen MR) is 74.1 cm³/mol. The quantitative estimate of drug-likeness (QED) is 0.824. The molecule has 2 aromatic rings. The van der Waals surface area contributed by atoms with Gasteiger partial charge in [0, 0.05) is 11.3 Å². The third-order valence-corrected chi connectivity index (χ3v) is 2.90. The lowest BCUT2D eigenvalue weighted by atomic mass is 10.2. The highest BCUT2D eigenvalue weighted by Crippen LogP contribution is 2.29. The van der Waals surface area contributed by atoms with E-state index in [1.54, 1.807) is 18.2 Å². The summed E-state index contributed by atoms with van der Waals surface area (Å²) in [6.45, 7) is 0.0614. The molecule has 0 radical (unpaired) electrons. The molecule has 2 rings (SSSR count). The van der Waals surface area contributed by atoms with E-state index in [4.69, 9.17) is 20.3 Å². The molecule has 0 spiro atoms. The van der Waals surface area contributed by atoms with Crippen LogP contribution in [0.5, 0.6) is 11.5 Å². The Morgan fingerprint density at radius 2 is 1.95 bits per heavy atom. The first-order valence-electron chi connectivity index (χ1n) is 6.08. The van der Waals surface area contributed by atoms with Crippen LogP contribution in [-0.2, 0) is 13.2 Å². The molecule has 0 aliphatic rings. The molecule has 0 bridgehead atoms. The van der Waals surface area contributed by atoms with E-state index < -0.39 is 0 Å². The molecule has 0 aliphatic carbocycles. The Bertz CT molecular complexity index is 602. The minimum Gasteiger partial charge on any atom is -0.493 e. The van der Waals surface area contributed by atoms with E-state index >= 15 is 0 Å². The van der Waals surface area contributed by atoms with Crippen molar-refractivity contribution in [2.75, 3.05) is 12.8 Å². The summed E-state index contributed by atoms with van der Waals surface area (Å²) in [6.07, 6.45) is 0. The number of halogens is 1. The second-order valence-electron chi connectivity index (χ2n) is 4.28. The number of nitrogens with two attached hydrogens (primary N) is 1. The molecule has 106 valence electrons. The van der Waals surface area contributed by atoms with Crippen molar-refractivity contribution >= 4 is 5.69 Å². The molecular weight excluding hydrogens is 261 g/mol. The first kappa shape index (κ1) is 14.1. The lowest BCUT2D eigenvalue weighted by Crippen LogP contribution is -2.02. The van der Waals surface area contributed by atoms with Crippen molar-refractivity contribution in [2.45, 2.75) is 13.2 Å². The Hall–Kier alpha value is -2.27. The van der Waals surface area contributed by atoms with Gasteiger partial charge in [0.05, 0.1) is 13.7 Å². The fourth-order valence-corrected chi connectivity index (χ4v) is 1.78. The molecule has 5 heteroatoms. The van der Waals surface area contributed by atoms with Gasteiger partial charge in [0.15, 0.2) is 11.5 Å². The second-order valence-corrected chi connectivity index (χ2v) is 4.28. The SMILES string of the molecule is COc1cc(CO)ccc1OCc1cc(F)ccc1N. The van der Waals surface area contributed by atoms with Crippen LogP contribution < -0.4 is 15.2 Å². The van der Waals surface area contributed by atoms with Crippen molar-refractivity contribution in [1.29, 1.82) is 0 Å². The number of anilines is 1. The van der Waals surface area contributed by atoms with Gasteiger partial charge >= 0.3 is 0 Å². The molecule has 0 aromatic heterocycles. The van der Waals surface area contributed by atoms with Crippen LogP contribution in [0, 0.1) is 5.82 Å². The highest BCUT2D eigenvalue weighted by molar-refractivity contribution is 5.47. The van der Waals surface area contributed by atoms with Gasteiger partial charge in [-0.2, -0.15) is 0 Å². The summed E-state index contributed by atoms with van der Waals surface area (Å²) < 4.78 is 23.9. The van der Waals surface area contributed by atoms with Crippen molar-refractivity contribution in [3.8, 4) is 11.5 Å². The van der Waals surface area contributed by atoms with Crippen molar-refractivity contribution in [2.24, 2.45) is 0 Å². The zero-order chi connectivity index (χ0) is 14.5. The average molecular weight is 277 g/mol. The van der Waals surface area contributed by atoms with Gasteiger partial charge in [0.2, 0.25) is 0 Å². The monoisotopic (exact) mass is 277 g/mol. The van der Waals surface area contributed by atoms with Crippen molar-refractivity contribution in [3.63, 3.8) is 0 Å². The fourth-order valence-electron chi connectivity index (χ4n) is 1.78. The van der Waals surface area contributed by atoms with Gasteiger partial charge in [-0.15, -0.1) is 0 Å². The van der Waals surface area contributed by atoms with Crippen molar-refractivity contribution < 1.29 is 19.0 Å². The van der Waals surface area contributed by atoms with Gasteiger partial charge in [-0.1, -0.05) is 6.07 Å². The maximum absolute atomic E-state index is 13.2. The molecular formula is C15H16FNO3. The third kappa shape index (κ3) is 3.19. The Morgan fingerprint density at radius 3 is 2.65 bits per heavy atom. The summed E-state index contributed by atoms with van der Waals surface area (Å²) in [5.74, 6) is 0.653. The fraction of sp³-hybridized carbons (Fsp3) is 0.200. The Labute approximate surface area is 116 Å². The lowest BCUT2D eigenvalue weighted by Gasteiger charge is -2.12. The maximum Gasteiger partial charge on any atom is 0.161 e. The molecule has 20 heavy (non-hydrogen) atoms. The van der Waals surface area contributed by atoms with Crippen LogP contribution >= 0.6 is 0 Å². The maximum atomic E-state index is 13.2. The van der Waals surface area contributed by atoms with Gasteiger partial charge in [0.1, 0.15) is 12.4 Å². The zero-order valence-electron chi connectivity index (χ0n) is 11.1. The second kappa shape index (κ2) is 6.25. The van der Waals surface area contributed by atoms with Crippen molar-refractivity contribution in [3.05, 3.63) is 53.3 Å². The van der Waals surface area contributed by atoms with Crippen molar-refractivity contribution in [1.82, 2.24) is 0 Å². The zero-order valence-corrected chi connectivity index (χ0v) is 11.1. The molecule has 0 atom stereocenters. The van der Waals surface area contributed by atoms with E-state index in [9.17, 15) is 4.39 Å². The molecule has 0 aliphatic heterocycles. The number of aliphatic hydroxyl groups is 1. The normalized spacial score (nSPS) is 10.3. The van der Waals surface area contributed by atoms with Crippen LogP contribution in [-0.4, -0.2) is 12.2 Å². The van der Waals surface area contributed by atoms with Crippen LogP contribution in [0.2, 0.25) is 0 Å². The Balaban J connectivity index is 2.16. The van der Waals surface area contributed by atoms with Crippen LogP contribution in [0.25, 0.3) is 0 Å². The molecule has 0 heterocycles. The Kier molecular flexibility index (Phi) is 4.42. The number of nitrogen functional groups attached to an aromatic ring is 1. The number of hydrogen-bond acceptors (Lipinski definition) is 4. The molecule has 3 N–H and O–H groups in total. The minimum atomic E-state index is -0.361. The van der Waals surface area contributed by atoms with E-state index in [2.05, 4.69) is 0 Å². The molecule has 2 aromatic carbocycles. The summed E-state index contributed by atoms with van der Waals surface area (Å²) >= 11 is 0. The molecule has 0 unspecified atom stereocenters. The summed E-state index contributed by atoms with van der Waals surface area (Å²) in [6, 6.07) is 9.25. The molecule has 0 fully saturated rings. The average Bonchev–Trinajstić information content (AvgIpc) is 2.48. The molecule has 0 amide bonds. The predicted octanol–water partition coefficient (Wildman–Crippen LogP) is 2.49. The highest BCUT2D eigenvalue weighted by Gasteiger charge is 2.08.